The van der Waals surface area contributed by atoms with Crippen molar-refractivity contribution in [3.63, 3.8) is 0 Å². The fourth-order valence-electron chi connectivity index (χ4n) is 2.36. The van der Waals surface area contributed by atoms with E-state index in [2.05, 4.69) is 46.0 Å². The van der Waals surface area contributed by atoms with Crippen molar-refractivity contribution in [2.24, 2.45) is 5.92 Å². The van der Waals surface area contributed by atoms with Crippen molar-refractivity contribution in [1.29, 1.82) is 0 Å². The van der Waals surface area contributed by atoms with Crippen LogP contribution in [0.15, 0.2) is 18.2 Å². The minimum Gasteiger partial charge on any atom is -0.385 e. The molecule has 0 spiro atoms. The zero-order valence-corrected chi connectivity index (χ0v) is 14.4. The van der Waals surface area contributed by atoms with Gasteiger partial charge in [-0.05, 0) is 56.9 Å². The molecular formula is C18H30N2O. The lowest BCUT2D eigenvalue weighted by Crippen LogP contribution is -2.39. The molecule has 0 saturated heterocycles. The maximum atomic E-state index is 12.8. The van der Waals surface area contributed by atoms with Gasteiger partial charge in [-0.15, -0.1) is 0 Å². The largest absolute Gasteiger partial charge is 0.385 e. The molecule has 21 heavy (non-hydrogen) atoms. The van der Waals surface area contributed by atoms with Gasteiger partial charge in [0.25, 0.3) is 5.91 Å². The Morgan fingerprint density at radius 1 is 1.24 bits per heavy atom. The minimum atomic E-state index is 0.137. The van der Waals surface area contributed by atoms with Crippen molar-refractivity contribution in [3.05, 3.63) is 29.3 Å². The Labute approximate surface area is 129 Å². The van der Waals surface area contributed by atoms with Gasteiger partial charge in [-0.2, -0.15) is 0 Å². The number of hydrogen-bond donors (Lipinski definition) is 1. The van der Waals surface area contributed by atoms with Crippen LogP contribution in [0.3, 0.4) is 0 Å². The van der Waals surface area contributed by atoms with Crippen LogP contribution in [0, 0.1) is 12.8 Å². The van der Waals surface area contributed by atoms with Crippen LogP contribution in [0.4, 0.5) is 5.69 Å². The van der Waals surface area contributed by atoms with E-state index in [9.17, 15) is 4.79 Å². The molecule has 0 fully saturated rings. The second-order valence-corrected chi connectivity index (χ2v) is 6.40. The van der Waals surface area contributed by atoms with E-state index in [1.165, 1.54) is 0 Å². The molecular weight excluding hydrogens is 260 g/mol. The molecule has 0 aliphatic rings. The Hall–Kier alpha value is -1.51. The van der Waals surface area contributed by atoms with Gasteiger partial charge in [-0.1, -0.05) is 20.8 Å². The number of amides is 1. The zero-order chi connectivity index (χ0) is 16.0. The second kappa shape index (κ2) is 8.06. The molecule has 0 saturated carbocycles. The average molecular weight is 290 g/mol. The van der Waals surface area contributed by atoms with Crippen LogP contribution in [0.1, 0.15) is 57.0 Å². The number of carbonyl (C=O) groups is 1. The van der Waals surface area contributed by atoms with Gasteiger partial charge >= 0.3 is 0 Å². The van der Waals surface area contributed by atoms with Crippen molar-refractivity contribution in [2.75, 3.05) is 18.4 Å². The molecule has 0 atom stereocenters. The third-order valence-electron chi connectivity index (χ3n) is 3.48. The van der Waals surface area contributed by atoms with E-state index >= 15 is 0 Å². The summed E-state index contributed by atoms with van der Waals surface area (Å²) < 4.78 is 0. The molecule has 0 aliphatic heterocycles. The third-order valence-corrected chi connectivity index (χ3v) is 3.48. The lowest BCUT2D eigenvalue weighted by molar-refractivity contribution is 0.0681. The molecule has 0 radical (unpaired) electrons. The van der Waals surface area contributed by atoms with Crippen LogP contribution >= 0.6 is 0 Å². The van der Waals surface area contributed by atoms with Crippen molar-refractivity contribution >= 4 is 11.6 Å². The van der Waals surface area contributed by atoms with E-state index in [1.54, 1.807) is 0 Å². The average Bonchev–Trinajstić information content (AvgIpc) is 2.41. The second-order valence-electron chi connectivity index (χ2n) is 6.40. The quantitative estimate of drug-likeness (QED) is 0.811. The van der Waals surface area contributed by atoms with E-state index in [-0.39, 0.29) is 11.9 Å². The highest BCUT2D eigenvalue weighted by Gasteiger charge is 2.21. The Balaban J connectivity index is 2.94. The molecule has 1 N–H and O–H groups in total. The zero-order valence-electron chi connectivity index (χ0n) is 14.4. The first-order chi connectivity index (χ1) is 9.86. The van der Waals surface area contributed by atoms with Crippen molar-refractivity contribution < 1.29 is 4.79 Å². The van der Waals surface area contributed by atoms with Crippen LogP contribution in [-0.2, 0) is 0 Å². The predicted octanol–water partition coefficient (Wildman–Crippen LogP) is 4.32. The number of benzene rings is 1. The minimum absolute atomic E-state index is 0.137. The van der Waals surface area contributed by atoms with E-state index < -0.39 is 0 Å². The maximum Gasteiger partial charge on any atom is 0.254 e. The molecule has 1 amide bonds. The van der Waals surface area contributed by atoms with Gasteiger partial charge in [0.15, 0.2) is 0 Å². The molecule has 0 aliphatic carbocycles. The van der Waals surface area contributed by atoms with Crippen LogP contribution in [0.5, 0.6) is 0 Å². The molecule has 3 heteroatoms. The topological polar surface area (TPSA) is 32.3 Å². The number of aryl methyl sites for hydroxylation is 1. The Morgan fingerprint density at radius 3 is 2.38 bits per heavy atom. The van der Waals surface area contributed by atoms with E-state index in [1.807, 2.05) is 24.0 Å². The number of rotatable bonds is 7. The fourth-order valence-corrected chi connectivity index (χ4v) is 2.36. The summed E-state index contributed by atoms with van der Waals surface area (Å²) in [6.45, 7) is 14.4. The Bertz CT molecular complexity index is 466. The molecule has 118 valence electrons. The highest BCUT2D eigenvalue weighted by Crippen LogP contribution is 2.19. The summed E-state index contributed by atoms with van der Waals surface area (Å²) in [5.74, 6) is 0.611. The number of nitrogens with zero attached hydrogens (tertiary/aromatic N) is 1. The van der Waals surface area contributed by atoms with Gasteiger partial charge < -0.3 is 10.2 Å². The standard InChI is InChI=1S/C18H30N2O/c1-7-10-19-16-8-9-17(15(6)11-16)18(21)20(14(4)5)12-13(2)3/h8-9,11,13-14,19H,7,10,12H2,1-6H3. The molecule has 0 heterocycles. The van der Waals surface area contributed by atoms with Gasteiger partial charge in [0.1, 0.15) is 0 Å². The summed E-state index contributed by atoms with van der Waals surface area (Å²) >= 11 is 0. The normalized spacial score (nSPS) is 11.0. The Morgan fingerprint density at radius 2 is 1.90 bits per heavy atom. The maximum absolute atomic E-state index is 12.8. The van der Waals surface area contributed by atoms with Crippen LogP contribution in [0.2, 0.25) is 0 Å². The van der Waals surface area contributed by atoms with Gasteiger partial charge in [0.05, 0.1) is 0 Å². The molecule has 0 unspecified atom stereocenters. The van der Waals surface area contributed by atoms with Crippen molar-refractivity contribution in [3.8, 4) is 0 Å². The van der Waals surface area contributed by atoms with Crippen LogP contribution in [0.25, 0.3) is 0 Å². The smallest absolute Gasteiger partial charge is 0.254 e. The highest BCUT2D eigenvalue weighted by molar-refractivity contribution is 5.96. The first-order valence-corrected chi connectivity index (χ1v) is 8.02. The molecule has 1 aromatic carbocycles. The number of hydrogen-bond acceptors (Lipinski definition) is 2. The summed E-state index contributed by atoms with van der Waals surface area (Å²) in [5.41, 5.74) is 2.94. The van der Waals surface area contributed by atoms with Crippen molar-refractivity contribution in [1.82, 2.24) is 4.90 Å². The first kappa shape index (κ1) is 17.5. The van der Waals surface area contributed by atoms with E-state index in [4.69, 9.17) is 0 Å². The summed E-state index contributed by atoms with van der Waals surface area (Å²) in [6.07, 6.45) is 1.09. The number of nitrogens with one attached hydrogen (secondary N) is 1. The molecule has 0 bridgehead atoms. The summed E-state index contributed by atoms with van der Waals surface area (Å²) in [5, 5.41) is 3.36. The summed E-state index contributed by atoms with van der Waals surface area (Å²) in [6, 6.07) is 6.24. The van der Waals surface area contributed by atoms with Gasteiger partial charge in [0, 0.05) is 30.4 Å². The third kappa shape index (κ3) is 5.07. The molecule has 3 nitrogen and oxygen atoms in total. The highest BCUT2D eigenvalue weighted by atomic mass is 16.2. The molecule has 0 aromatic heterocycles. The van der Waals surface area contributed by atoms with Gasteiger partial charge in [0.2, 0.25) is 0 Å². The first-order valence-electron chi connectivity index (χ1n) is 8.02. The lowest BCUT2D eigenvalue weighted by atomic mass is 10.0. The monoisotopic (exact) mass is 290 g/mol. The number of carbonyl (C=O) groups excluding carboxylic acids is 1. The summed E-state index contributed by atoms with van der Waals surface area (Å²) in [7, 11) is 0. The van der Waals surface area contributed by atoms with Gasteiger partial charge in [-0.3, -0.25) is 4.79 Å². The lowest BCUT2D eigenvalue weighted by Gasteiger charge is -2.29. The summed E-state index contributed by atoms with van der Waals surface area (Å²) in [4.78, 5) is 14.7. The Kier molecular flexibility index (Phi) is 6.73. The predicted molar refractivity (Wildman–Crippen MR) is 91.0 cm³/mol. The van der Waals surface area contributed by atoms with Crippen LogP contribution in [-0.4, -0.2) is 29.9 Å². The molecule has 1 rings (SSSR count). The van der Waals surface area contributed by atoms with E-state index in [0.717, 1.165) is 36.3 Å². The SMILES string of the molecule is CCCNc1ccc(C(=O)N(CC(C)C)C(C)C)c(C)c1. The van der Waals surface area contributed by atoms with Crippen LogP contribution < -0.4 is 5.32 Å². The fraction of sp³-hybridized carbons (Fsp3) is 0.611. The number of anilines is 1. The van der Waals surface area contributed by atoms with Crippen molar-refractivity contribution in [2.45, 2.75) is 54.0 Å². The molecule has 1 aromatic rings. The van der Waals surface area contributed by atoms with E-state index in [0.29, 0.717) is 5.92 Å². The van der Waals surface area contributed by atoms with Gasteiger partial charge in [-0.25, -0.2) is 0 Å².